The van der Waals surface area contributed by atoms with E-state index in [9.17, 15) is 19.5 Å². The fourth-order valence-corrected chi connectivity index (χ4v) is 4.52. The molecule has 0 unspecified atom stereocenters. The molecule has 0 radical (unpaired) electrons. The Labute approximate surface area is 191 Å². The summed E-state index contributed by atoms with van der Waals surface area (Å²) in [5.41, 5.74) is -0.0410. The standard InChI is InChI=1S/C25H37NO6/c1-8-26(9-2)18-12-10-17(11-13-18)20-21(23(28)31-15(3)4)19(27)14-25(7,30)22(20)24(29)32-16(5)6/h10-13,15-16,20-22,30H,8-9,14H2,1-7H3/t20-,21-,22+,25-/m1/s1. The van der Waals surface area contributed by atoms with Crippen molar-refractivity contribution in [3.63, 3.8) is 0 Å². The molecule has 0 aliphatic heterocycles. The molecule has 0 bridgehead atoms. The molecule has 2 rings (SSSR count). The minimum atomic E-state index is -1.65. The Bertz CT molecular complexity index is 802. The van der Waals surface area contributed by atoms with Gasteiger partial charge in [-0.2, -0.15) is 0 Å². The van der Waals surface area contributed by atoms with Gasteiger partial charge in [-0.15, -0.1) is 0 Å². The average Bonchev–Trinajstić information content (AvgIpc) is 2.66. The van der Waals surface area contributed by atoms with E-state index in [-0.39, 0.29) is 6.42 Å². The minimum absolute atomic E-state index is 0.323. The number of aliphatic hydroxyl groups is 1. The lowest BCUT2D eigenvalue weighted by Gasteiger charge is -2.44. The fourth-order valence-electron chi connectivity index (χ4n) is 4.52. The van der Waals surface area contributed by atoms with Crippen LogP contribution >= 0.6 is 0 Å². The molecular formula is C25H37NO6. The average molecular weight is 448 g/mol. The van der Waals surface area contributed by atoms with E-state index in [2.05, 4.69) is 18.7 Å². The lowest BCUT2D eigenvalue weighted by molar-refractivity contribution is -0.176. The summed E-state index contributed by atoms with van der Waals surface area (Å²) in [7, 11) is 0. The van der Waals surface area contributed by atoms with Gasteiger partial charge in [0.2, 0.25) is 0 Å². The Kier molecular flexibility index (Phi) is 8.46. The van der Waals surface area contributed by atoms with Gasteiger partial charge in [-0.1, -0.05) is 12.1 Å². The first-order valence-electron chi connectivity index (χ1n) is 11.4. The first kappa shape index (κ1) is 25.8. The topological polar surface area (TPSA) is 93.1 Å². The number of hydrogen-bond acceptors (Lipinski definition) is 7. The van der Waals surface area contributed by atoms with Crippen LogP contribution in [0.1, 0.15) is 66.4 Å². The van der Waals surface area contributed by atoms with Gasteiger partial charge in [0, 0.05) is 31.1 Å². The Morgan fingerprint density at radius 3 is 2.00 bits per heavy atom. The summed E-state index contributed by atoms with van der Waals surface area (Å²) in [4.78, 5) is 41.3. The highest BCUT2D eigenvalue weighted by atomic mass is 16.5. The highest BCUT2D eigenvalue weighted by Gasteiger charge is 2.57. The number of carbonyl (C=O) groups excluding carboxylic acids is 3. The number of ketones is 1. The van der Waals surface area contributed by atoms with Crippen molar-refractivity contribution in [2.24, 2.45) is 11.8 Å². The van der Waals surface area contributed by atoms with Crippen molar-refractivity contribution >= 4 is 23.4 Å². The molecule has 0 spiro atoms. The van der Waals surface area contributed by atoms with Crippen LogP contribution in [0.3, 0.4) is 0 Å². The van der Waals surface area contributed by atoms with Crippen LogP contribution in [0.25, 0.3) is 0 Å². The van der Waals surface area contributed by atoms with Crippen molar-refractivity contribution in [3.8, 4) is 0 Å². The molecule has 1 N–H and O–H groups in total. The van der Waals surface area contributed by atoms with Gasteiger partial charge in [0.1, 0.15) is 5.92 Å². The maximum Gasteiger partial charge on any atom is 0.317 e. The summed E-state index contributed by atoms with van der Waals surface area (Å²) in [5, 5.41) is 11.1. The second-order valence-corrected chi connectivity index (χ2v) is 9.22. The van der Waals surface area contributed by atoms with E-state index < -0.39 is 53.3 Å². The van der Waals surface area contributed by atoms with Gasteiger partial charge in [-0.3, -0.25) is 14.4 Å². The number of nitrogens with zero attached hydrogens (tertiary/aromatic N) is 1. The van der Waals surface area contributed by atoms with Gasteiger partial charge in [0.15, 0.2) is 5.78 Å². The van der Waals surface area contributed by atoms with Crippen LogP contribution < -0.4 is 4.90 Å². The van der Waals surface area contributed by atoms with Gasteiger partial charge < -0.3 is 19.5 Å². The van der Waals surface area contributed by atoms with E-state index in [0.717, 1.165) is 18.8 Å². The molecule has 1 aromatic rings. The number of rotatable bonds is 8. The van der Waals surface area contributed by atoms with E-state index in [1.54, 1.807) is 27.7 Å². The summed E-state index contributed by atoms with van der Waals surface area (Å²) in [6.07, 6.45) is -1.14. The molecule has 1 aliphatic rings. The fraction of sp³-hybridized carbons (Fsp3) is 0.640. The summed E-state index contributed by atoms with van der Waals surface area (Å²) in [6.45, 7) is 14.1. The second kappa shape index (κ2) is 10.5. The van der Waals surface area contributed by atoms with Crippen LogP contribution in [0.2, 0.25) is 0 Å². The predicted octanol–water partition coefficient (Wildman–Crippen LogP) is 3.48. The van der Waals surface area contributed by atoms with E-state index in [4.69, 9.17) is 9.47 Å². The molecule has 7 nitrogen and oxygen atoms in total. The Morgan fingerprint density at radius 2 is 1.53 bits per heavy atom. The highest BCUT2D eigenvalue weighted by molar-refractivity contribution is 6.02. The summed E-state index contributed by atoms with van der Waals surface area (Å²) >= 11 is 0. The molecule has 0 saturated heterocycles. The SMILES string of the molecule is CCN(CC)c1ccc([C@@H]2[C@H](C(=O)OC(C)C)C(=O)C[C@@](C)(O)[C@@H]2C(=O)OC(C)C)cc1. The van der Waals surface area contributed by atoms with E-state index >= 15 is 0 Å². The quantitative estimate of drug-likeness (QED) is 0.482. The zero-order valence-corrected chi connectivity index (χ0v) is 20.3. The number of ether oxygens (including phenoxy) is 2. The molecule has 32 heavy (non-hydrogen) atoms. The maximum absolute atomic E-state index is 13.1. The number of anilines is 1. The molecule has 1 aliphatic carbocycles. The Morgan fingerprint density at radius 1 is 1.03 bits per heavy atom. The minimum Gasteiger partial charge on any atom is -0.463 e. The van der Waals surface area contributed by atoms with Crippen molar-refractivity contribution in [1.29, 1.82) is 0 Å². The van der Waals surface area contributed by atoms with E-state index in [1.807, 2.05) is 24.3 Å². The summed E-state index contributed by atoms with van der Waals surface area (Å²) in [6, 6.07) is 7.45. The number of Topliss-reactive ketones (excluding diaryl/α,β-unsaturated/α-hetero) is 1. The third kappa shape index (κ3) is 5.68. The van der Waals surface area contributed by atoms with Crippen LogP contribution in [0.15, 0.2) is 24.3 Å². The first-order valence-corrected chi connectivity index (χ1v) is 11.4. The van der Waals surface area contributed by atoms with Crippen LogP contribution in [0.5, 0.6) is 0 Å². The van der Waals surface area contributed by atoms with Gasteiger partial charge >= 0.3 is 11.9 Å². The van der Waals surface area contributed by atoms with Gasteiger partial charge in [0.25, 0.3) is 0 Å². The molecule has 1 aromatic carbocycles. The Balaban J connectivity index is 2.60. The van der Waals surface area contributed by atoms with Crippen LogP contribution in [0, 0.1) is 11.8 Å². The number of esters is 2. The van der Waals surface area contributed by atoms with Crippen LogP contribution in [-0.4, -0.2) is 53.7 Å². The van der Waals surface area contributed by atoms with Crippen molar-refractivity contribution in [2.75, 3.05) is 18.0 Å². The molecule has 0 aromatic heterocycles. The van der Waals surface area contributed by atoms with Crippen molar-refractivity contribution in [3.05, 3.63) is 29.8 Å². The van der Waals surface area contributed by atoms with Crippen molar-refractivity contribution in [2.45, 2.75) is 78.6 Å². The zero-order valence-electron chi connectivity index (χ0n) is 20.3. The number of carbonyl (C=O) groups is 3. The molecule has 1 fully saturated rings. The van der Waals surface area contributed by atoms with Crippen molar-refractivity contribution in [1.82, 2.24) is 0 Å². The third-order valence-corrected chi connectivity index (χ3v) is 5.89. The number of benzene rings is 1. The molecule has 4 atom stereocenters. The van der Waals surface area contributed by atoms with Crippen LogP contribution in [0.4, 0.5) is 5.69 Å². The molecule has 1 saturated carbocycles. The molecule has 0 heterocycles. The molecule has 178 valence electrons. The van der Waals surface area contributed by atoms with Gasteiger partial charge in [-0.05, 0) is 66.2 Å². The lowest BCUT2D eigenvalue weighted by Crippen LogP contribution is -2.55. The van der Waals surface area contributed by atoms with Crippen molar-refractivity contribution < 1.29 is 29.0 Å². The first-order chi connectivity index (χ1) is 14.9. The van der Waals surface area contributed by atoms with E-state index in [1.165, 1.54) is 6.92 Å². The normalized spacial score (nSPS) is 25.7. The highest BCUT2D eigenvalue weighted by Crippen LogP contribution is 2.47. The van der Waals surface area contributed by atoms with Gasteiger partial charge in [-0.25, -0.2) is 0 Å². The molecular weight excluding hydrogens is 410 g/mol. The smallest absolute Gasteiger partial charge is 0.317 e. The largest absolute Gasteiger partial charge is 0.463 e. The monoisotopic (exact) mass is 447 g/mol. The summed E-state index contributed by atoms with van der Waals surface area (Å²) < 4.78 is 10.8. The molecule has 0 amide bonds. The van der Waals surface area contributed by atoms with Gasteiger partial charge in [0.05, 0.1) is 23.7 Å². The Hall–Kier alpha value is -2.41. The predicted molar refractivity (Wildman–Crippen MR) is 122 cm³/mol. The second-order valence-electron chi connectivity index (χ2n) is 9.22. The maximum atomic E-state index is 13.1. The zero-order chi connectivity index (χ0) is 24.2. The third-order valence-electron chi connectivity index (χ3n) is 5.89. The summed E-state index contributed by atoms with van der Waals surface area (Å²) in [5.74, 6) is -4.92. The van der Waals surface area contributed by atoms with E-state index in [0.29, 0.717) is 5.56 Å². The lowest BCUT2D eigenvalue weighted by atomic mass is 9.61. The van der Waals surface area contributed by atoms with Crippen LogP contribution in [-0.2, 0) is 23.9 Å². The number of hydrogen-bond donors (Lipinski definition) is 1. The molecule has 7 heteroatoms.